The van der Waals surface area contributed by atoms with Crippen LogP contribution in [0.5, 0.6) is 0 Å². The number of hydrogen-bond acceptors (Lipinski definition) is 4. The zero-order valence-electron chi connectivity index (χ0n) is 14.5. The van der Waals surface area contributed by atoms with E-state index in [2.05, 4.69) is 15.3 Å². The van der Waals surface area contributed by atoms with Crippen molar-refractivity contribution in [1.29, 1.82) is 0 Å². The van der Waals surface area contributed by atoms with Gasteiger partial charge < -0.3 is 19.6 Å². The van der Waals surface area contributed by atoms with Crippen LogP contribution in [0, 0.1) is 13.8 Å². The van der Waals surface area contributed by atoms with Crippen LogP contribution >= 0.6 is 0 Å². The summed E-state index contributed by atoms with van der Waals surface area (Å²) in [7, 11) is 0. The zero-order valence-corrected chi connectivity index (χ0v) is 14.5. The standard InChI is InChI=1S/C18H22N4O3/c1-11-8-19-17(20-11)18(5-6-25-10-18)21-16(24)14-9-22(13-3-4-13)12(2)7-15(14)23/h7-9,13H,3-6,10H2,1-2H3,(H,19,20)(H,21,24). The van der Waals surface area contributed by atoms with E-state index in [1.807, 2.05) is 18.4 Å². The lowest BCUT2D eigenvalue weighted by atomic mass is 9.97. The van der Waals surface area contributed by atoms with E-state index in [0.717, 1.165) is 24.2 Å². The lowest BCUT2D eigenvalue weighted by Crippen LogP contribution is -2.48. The Bertz CT molecular complexity index is 873. The molecule has 0 aromatic carbocycles. The van der Waals surface area contributed by atoms with E-state index in [-0.39, 0.29) is 16.9 Å². The summed E-state index contributed by atoms with van der Waals surface area (Å²) in [6, 6.07) is 1.95. The summed E-state index contributed by atoms with van der Waals surface area (Å²) < 4.78 is 7.56. The summed E-state index contributed by atoms with van der Waals surface area (Å²) >= 11 is 0. The predicted molar refractivity (Wildman–Crippen MR) is 91.6 cm³/mol. The number of carbonyl (C=O) groups is 1. The third kappa shape index (κ3) is 2.89. The number of rotatable bonds is 4. The Balaban J connectivity index is 1.66. The van der Waals surface area contributed by atoms with Crippen molar-refractivity contribution >= 4 is 5.91 Å². The minimum absolute atomic E-state index is 0.173. The van der Waals surface area contributed by atoms with Crippen LogP contribution < -0.4 is 10.7 Å². The van der Waals surface area contributed by atoms with Gasteiger partial charge >= 0.3 is 0 Å². The van der Waals surface area contributed by atoms with Gasteiger partial charge in [-0.3, -0.25) is 9.59 Å². The monoisotopic (exact) mass is 342 g/mol. The van der Waals surface area contributed by atoms with E-state index < -0.39 is 5.54 Å². The molecule has 1 aliphatic carbocycles. The Morgan fingerprint density at radius 2 is 2.24 bits per heavy atom. The van der Waals surface area contributed by atoms with Gasteiger partial charge in [-0.2, -0.15) is 0 Å². The molecule has 1 aliphatic heterocycles. The molecular weight excluding hydrogens is 320 g/mol. The summed E-state index contributed by atoms with van der Waals surface area (Å²) in [4.78, 5) is 32.8. The molecule has 2 aromatic heterocycles. The molecule has 0 bridgehead atoms. The molecule has 4 rings (SSSR count). The van der Waals surface area contributed by atoms with Gasteiger partial charge in [-0.1, -0.05) is 0 Å². The van der Waals surface area contributed by atoms with Crippen LogP contribution in [0.15, 0.2) is 23.3 Å². The molecule has 1 saturated carbocycles. The van der Waals surface area contributed by atoms with Gasteiger partial charge in [0.1, 0.15) is 16.9 Å². The first-order chi connectivity index (χ1) is 12.0. The van der Waals surface area contributed by atoms with Crippen molar-refractivity contribution in [3.05, 3.63) is 51.5 Å². The second kappa shape index (κ2) is 5.84. The van der Waals surface area contributed by atoms with Crippen LogP contribution in [0.2, 0.25) is 0 Å². The maximum Gasteiger partial charge on any atom is 0.257 e. The molecule has 1 amide bonds. The molecule has 25 heavy (non-hydrogen) atoms. The fourth-order valence-corrected chi connectivity index (χ4v) is 3.41. The Kier molecular flexibility index (Phi) is 3.76. The largest absolute Gasteiger partial charge is 0.378 e. The van der Waals surface area contributed by atoms with Crippen molar-refractivity contribution in [3.63, 3.8) is 0 Å². The van der Waals surface area contributed by atoms with Crippen LogP contribution in [0.4, 0.5) is 0 Å². The van der Waals surface area contributed by atoms with Crippen molar-refractivity contribution in [1.82, 2.24) is 19.9 Å². The molecule has 2 aromatic rings. The normalized spacial score (nSPS) is 23.0. The number of imidazole rings is 1. The molecule has 132 valence electrons. The first-order valence-electron chi connectivity index (χ1n) is 8.64. The van der Waals surface area contributed by atoms with Crippen LogP contribution in [-0.4, -0.2) is 33.7 Å². The van der Waals surface area contributed by atoms with Gasteiger partial charge in [0.15, 0.2) is 5.43 Å². The maximum atomic E-state index is 12.9. The lowest BCUT2D eigenvalue weighted by molar-refractivity contribution is 0.0867. The molecule has 7 heteroatoms. The molecule has 1 unspecified atom stereocenters. The molecule has 1 saturated heterocycles. The first-order valence-corrected chi connectivity index (χ1v) is 8.64. The number of carbonyl (C=O) groups excluding carboxylic acids is 1. The molecule has 0 radical (unpaired) electrons. The fourth-order valence-electron chi connectivity index (χ4n) is 3.41. The highest BCUT2D eigenvalue weighted by molar-refractivity contribution is 5.94. The summed E-state index contributed by atoms with van der Waals surface area (Å²) in [5.41, 5.74) is 1.02. The van der Waals surface area contributed by atoms with Crippen LogP contribution in [0.25, 0.3) is 0 Å². The summed E-state index contributed by atoms with van der Waals surface area (Å²) in [5.74, 6) is 0.296. The molecule has 2 N–H and O–H groups in total. The van der Waals surface area contributed by atoms with Crippen molar-refractivity contribution in [2.24, 2.45) is 0 Å². The van der Waals surface area contributed by atoms with Gasteiger partial charge in [0.2, 0.25) is 0 Å². The quantitative estimate of drug-likeness (QED) is 0.883. The van der Waals surface area contributed by atoms with Crippen LogP contribution in [0.3, 0.4) is 0 Å². The number of amides is 1. The molecule has 3 heterocycles. The highest BCUT2D eigenvalue weighted by Gasteiger charge is 2.41. The number of pyridine rings is 1. The molecule has 7 nitrogen and oxygen atoms in total. The van der Waals surface area contributed by atoms with Gasteiger partial charge in [-0.05, 0) is 26.7 Å². The third-order valence-electron chi connectivity index (χ3n) is 5.00. The van der Waals surface area contributed by atoms with Crippen LogP contribution in [-0.2, 0) is 10.3 Å². The van der Waals surface area contributed by atoms with E-state index in [4.69, 9.17) is 4.74 Å². The topological polar surface area (TPSA) is 89.0 Å². The number of aromatic nitrogens is 3. The van der Waals surface area contributed by atoms with Gasteiger partial charge in [0.05, 0.1) is 6.61 Å². The highest BCUT2D eigenvalue weighted by Crippen LogP contribution is 2.35. The van der Waals surface area contributed by atoms with Crippen molar-refractivity contribution < 1.29 is 9.53 Å². The van der Waals surface area contributed by atoms with E-state index in [9.17, 15) is 9.59 Å². The Hall–Kier alpha value is -2.41. The number of aryl methyl sites for hydroxylation is 2. The smallest absolute Gasteiger partial charge is 0.257 e. The lowest BCUT2D eigenvalue weighted by Gasteiger charge is -2.26. The maximum absolute atomic E-state index is 12.9. The minimum Gasteiger partial charge on any atom is -0.378 e. The molecule has 2 fully saturated rings. The number of ether oxygens (including phenoxy) is 1. The van der Waals surface area contributed by atoms with Crippen LogP contribution in [0.1, 0.15) is 52.9 Å². The Morgan fingerprint density at radius 3 is 2.84 bits per heavy atom. The second-order valence-electron chi connectivity index (χ2n) is 7.08. The summed E-state index contributed by atoms with van der Waals surface area (Å²) in [6.07, 6.45) is 6.23. The number of hydrogen-bond donors (Lipinski definition) is 2. The van der Waals surface area contributed by atoms with E-state index in [1.54, 1.807) is 18.5 Å². The summed E-state index contributed by atoms with van der Waals surface area (Å²) in [6.45, 7) is 4.70. The number of aromatic amines is 1. The molecule has 1 atom stereocenters. The summed E-state index contributed by atoms with van der Waals surface area (Å²) in [5, 5.41) is 3.01. The van der Waals surface area contributed by atoms with Gasteiger partial charge in [-0.15, -0.1) is 0 Å². The second-order valence-corrected chi connectivity index (χ2v) is 7.08. The highest BCUT2D eigenvalue weighted by atomic mass is 16.5. The molecular formula is C18H22N4O3. The van der Waals surface area contributed by atoms with E-state index in [0.29, 0.717) is 31.5 Å². The van der Waals surface area contributed by atoms with Crippen molar-refractivity contribution in [2.75, 3.05) is 13.2 Å². The van der Waals surface area contributed by atoms with Crippen molar-refractivity contribution in [3.8, 4) is 0 Å². The van der Waals surface area contributed by atoms with Crippen molar-refractivity contribution in [2.45, 2.75) is 44.7 Å². The first kappa shape index (κ1) is 16.1. The number of nitrogens with zero attached hydrogens (tertiary/aromatic N) is 2. The Labute approximate surface area is 145 Å². The number of nitrogens with one attached hydrogen (secondary N) is 2. The van der Waals surface area contributed by atoms with Gasteiger partial charge in [0, 0.05) is 48.9 Å². The van der Waals surface area contributed by atoms with E-state index in [1.165, 1.54) is 0 Å². The SMILES string of the molecule is Cc1cnc(C2(NC(=O)c3cn(C4CC4)c(C)cc3=O)CCOC2)[nH]1. The molecule has 2 aliphatic rings. The zero-order chi connectivity index (χ0) is 17.6. The average Bonchev–Trinajstić information content (AvgIpc) is 3.12. The number of H-pyrrole nitrogens is 1. The third-order valence-corrected chi connectivity index (χ3v) is 5.00. The van der Waals surface area contributed by atoms with Gasteiger partial charge in [0.25, 0.3) is 5.91 Å². The molecule has 0 spiro atoms. The Morgan fingerprint density at radius 1 is 1.44 bits per heavy atom. The van der Waals surface area contributed by atoms with Gasteiger partial charge in [-0.25, -0.2) is 4.98 Å². The van der Waals surface area contributed by atoms with E-state index >= 15 is 0 Å². The fraction of sp³-hybridized carbons (Fsp3) is 0.500. The minimum atomic E-state index is -0.715. The predicted octanol–water partition coefficient (Wildman–Crippen LogP) is 1.57. The average molecular weight is 342 g/mol.